The van der Waals surface area contributed by atoms with E-state index in [0.717, 1.165) is 16.3 Å². The Morgan fingerprint density at radius 3 is 2.00 bits per heavy atom. The van der Waals surface area contributed by atoms with Crippen LogP contribution in [0.2, 0.25) is 0 Å². The average molecular weight is 260 g/mol. The van der Waals surface area contributed by atoms with Crippen LogP contribution in [0.3, 0.4) is 0 Å². The summed E-state index contributed by atoms with van der Waals surface area (Å²) in [5.41, 5.74) is 0.926. The van der Waals surface area contributed by atoms with Crippen LogP contribution >= 0.6 is 0 Å². The molecule has 2 rings (SSSR count). The molecule has 1 atom stereocenters. The molecule has 1 N–H and O–H groups in total. The monoisotopic (exact) mass is 260 g/mol. The highest BCUT2D eigenvalue weighted by Gasteiger charge is 2.13. The Morgan fingerprint density at radius 1 is 0.895 bits per heavy atom. The van der Waals surface area contributed by atoms with Crippen LogP contribution in [0.1, 0.15) is 25.5 Å². The normalized spacial score (nSPS) is 12.7. The highest BCUT2D eigenvalue weighted by Crippen LogP contribution is 2.34. The van der Waals surface area contributed by atoms with Gasteiger partial charge in [-0.25, -0.2) is 0 Å². The molecule has 0 amide bonds. The Kier molecular flexibility index (Phi) is 3.96. The first-order valence-corrected chi connectivity index (χ1v) is 6.40. The molecule has 0 heterocycles. The zero-order chi connectivity index (χ0) is 14.0. The maximum atomic E-state index is 10.1. The van der Waals surface area contributed by atoms with Crippen molar-refractivity contribution in [2.24, 2.45) is 5.92 Å². The largest absolute Gasteiger partial charge is 0.493 e. The number of hydrogen-bond acceptors (Lipinski definition) is 3. The molecule has 1 unspecified atom stereocenters. The zero-order valence-corrected chi connectivity index (χ0v) is 11.8. The second kappa shape index (κ2) is 5.49. The van der Waals surface area contributed by atoms with E-state index in [1.165, 1.54) is 0 Å². The van der Waals surface area contributed by atoms with Gasteiger partial charge in [0.05, 0.1) is 20.3 Å². The fourth-order valence-electron chi connectivity index (χ4n) is 2.16. The second-order valence-corrected chi connectivity index (χ2v) is 5.00. The van der Waals surface area contributed by atoms with Crippen molar-refractivity contribution in [1.29, 1.82) is 0 Å². The molecule has 0 aliphatic heterocycles. The summed E-state index contributed by atoms with van der Waals surface area (Å²) in [6, 6.07) is 9.84. The molecule has 0 saturated heterocycles. The molecule has 2 aromatic carbocycles. The minimum absolute atomic E-state index is 0.192. The molecule has 0 spiro atoms. The van der Waals surface area contributed by atoms with Crippen molar-refractivity contribution >= 4 is 10.8 Å². The minimum atomic E-state index is -0.447. The fourth-order valence-corrected chi connectivity index (χ4v) is 2.16. The van der Waals surface area contributed by atoms with Crippen molar-refractivity contribution in [1.82, 2.24) is 0 Å². The van der Waals surface area contributed by atoms with Crippen LogP contribution in [0.4, 0.5) is 0 Å². The predicted octanol–water partition coefficient (Wildman–Crippen LogP) is 3.55. The van der Waals surface area contributed by atoms with Gasteiger partial charge in [-0.15, -0.1) is 0 Å². The Hall–Kier alpha value is -1.74. The molecule has 102 valence electrons. The summed E-state index contributed by atoms with van der Waals surface area (Å²) < 4.78 is 10.6. The van der Waals surface area contributed by atoms with E-state index in [-0.39, 0.29) is 5.92 Å². The molecule has 0 radical (unpaired) electrons. The van der Waals surface area contributed by atoms with Crippen LogP contribution in [0.5, 0.6) is 11.5 Å². The van der Waals surface area contributed by atoms with Gasteiger partial charge in [0.25, 0.3) is 0 Å². The lowest BCUT2D eigenvalue weighted by Crippen LogP contribution is -2.05. The van der Waals surface area contributed by atoms with Crippen LogP contribution in [0, 0.1) is 5.92 Å². The zero-order valence-electron chi connectivity index (χ0n) is 11.8. The van der Waals surface area contributed by atoms with Crippen LogP contribution in [-0.4, -0.2) is 19.3 Å². The Balaban J connectivity index is 2.53. The summed E-state index contributed by atoms with van der Waals surface area (Å²) in [7, 11) is 3.25. The summed E-state index contributed by atoms with van der Waals surface area (Å²) in [5.74, 6) is 1.61. The third kappa shape index (κ3) is 2.66. The SMILES string of the molecule is COc1cc2ccc(C(O)C(C)C)cc2cc1OC. The number of methoxy groups -OCH3 is 2. The van der Waals surface area contributed by atoms with Gasteiger partial charge < -0.3 is 14.6 Å². The van der Waals surface area contributed by atoms with Gasteiger partial charge in [0.2, 0.25) is 0 Å². The van der Waals surface area contributed by atoms with Gasteiger partial charge >= 0.3 is 0 Å². The lowest BCUT2D eigenvalue weighted by molar-refractivity contribution is 0.127. The van der Waals surface area contributed by atoms with Crippen molar-refractivity contribution in [2.75, 3.05) is 14.2 Å². The van der Waals surface area contributed by atoms with E-state index in [2.05, 4.69) is 0 Å². The van der Waals surface area contributed by atoms with Crippen LogP contribution in [-0.2, 0) is 0 Å². The molecule has 0 saturated carbocycles. The lowest BCUT2D eigenvalue weighted by atomic mass is 9.96. The van der Waals surface area contributed by atoms with E-state index in [0.29, 0.717) is 11.5 Å². The Bertz CT molecular complexity index is 575. The van der Waals surface area contributed by atoms with Gasteiger partial charge in [-0.2, -0.15) is 0 Å². The highest BCUT2D eigenvalue weighted by molar-refractivity contribution is 5.86. The topological polar surface area (TPSA) is 38.7 Å². The number of hydrogen-bond donors (Lipinski definition) is 1. The second-order valence-electron chi connectivity index (χ2n) is 5.00. The molecule has 0 bridgehead atoms. The Morgan fingerprint density at radius 2 is 1.47 bits per heavy atom. The summed E-state index contributed by atoms with van der Waals surface area (Å²) in [6.45, 7) is 4.01. The minimum Gasteiger partial charge on any atom is -0.493 e. The van der Waals surface area contributed by atoms with E-state index in [4.69, 9.17) is 9.47 Å². The maximum absolute atomic E-state index is 10.1. The lowest BCUT2D eigenvalue weighted by Gasteiger charge is -2.16. The van der Waals surface area contributed by atoms with Gasteiger partial charge in [-0.3, -0.25) is 0 Å². The van der Waals surface area contributed by atoms with E-state index in [1.54, 1.807) is 14.2 Å². The smallest absolute Gasteiger partial charge is 0.161 e. The first-order valence-electron chi connectivity index (χ1n) is 6.40. The number of aliphatic hydroxyl groups excluding tert-OH is 1. The summed E-state index contributed by atoms with van der Waals surface area (Å²) in [4.78, 5) is 0. The molecule has 2 aromatic rings. The van der Waals surface area contributed by atoms with E-state index < -0.39 is 6.10 Å². The molecule has 0 aromatic heterocycles. The van der Waals surface area contributed by atoms with E-state index in [1.807, 2.05) is 44.2 Å². The quantitative estimate of drug-likeness (QED) is 0.913. The number of ether oxygens (including phenoxy) is 2. The van der Waals surface area contributed by atoms with Crippen molar-refractivity contribution in [3.05, 3.63) is 35.9 Å². The summed E-state index contributed by atoms with van der Waals surface area (Å²) >= 11 is 0. The first-order chi connectivity index (χ1) is 9.06. The average Bonchev–Trinajstić information content (AvgIpc) is 2.44. The highest BCUT2D eigenvalue weighted by atomic mass is 16.5. The van der Waals surface area contributed by atoms with Gasteiger partial charge in [0, 0.05) is 0 Å². The van der Waals surface area contributed by atoms with Gasteiger partial charge in [0.15, 0.2) is 11.5 Å². The summed E-state index contributed by atoms with van der Waals surface area (Å²) in [6.07, 6.45) is -0.447. The van der Waals surface area contributed by atoms with Crippen LogP contribution in [0.25, 0.3) is 10.8 Å². The molecular weight excluding hydrogens is 240 g/mol. The summed E-state index contributed by atoms with van der Waals surface area (Å²) in [5, 5.41) is 12.2. The molecule has 0 aliphatic carbocycles. The molecule has 0 aliphatic rings. The number of fused-ring (bicyclic) bond motifs is 1. The van der Waals surface area contributed by atoms with Crippen LogP contribution < -0.4 is 9.47 Å². The van der Waals surface area contributed by atoms with Crippen LogP contribution in [0.15, 0.2) is 30.3 Å². The molecular formula is C16H20O3. The maximum Gasteiger partial charge on any atom is 0.161 e. The van der Waals surface area contributed by atoms with Crippen molar-refractivity contribution < 1.29 is 14.6 Å². The van der Waals surface area contributed by atoms with E-state index >= 15 is 0 Å². The number of benzene rings is 2. The fraction of sp³-hybridized carbons (Fsp3) is 0.375. The third-order valence-electron chi connectivity index (χ3n) is 3.34. The van der Waals surface area contributed by atoms with Crippen molar-refractivity contribution in [3.8, 4) is 11.5 Å². The standard InChI is InChI=1S/C16H20O3/c1-10(2)16(17)12-6-5-11-8-14(18-3)15(19-4)9-13(11)7-12/h5-10,16-17H,1-4H3. The van der Waals surface area contributed by atoms with Gasteiger partial charge in [-0.05, 0) is 40.5 Å². The molecule has 0 fully saturated rings. The molecule has 19 heavy (non-hydrogen) atoms. The molecule has 3 heteroatoms. The van der Waals surface area contributed by atoms with Crippen molar-refractivity contribution in [3.63, 3.8) is 0 Å². The van der Waals surface area contributed by atoms with Gasteiger partial charge in [0.1, 0.15) is 0 Å². The number of rotatable bonds is 4. The van der Waals surface area contributed by atoms with Gasteiger partial charge in [-0.1, -0.05) is 26.0 Å². The first kappa shape index (κ1) is 13.7. The third-order valence-corrected chi connectivity index (χ3v) is 3.34. The number of aliphatic hydroxyl groups is 1. The molecule has 3 nitrogen and oxygen atoms in total. The van der Waals surface area contributed by atoms with E-state index in [9.17, 15) is 5.11 Å². The van der Waals surface area contributed by atoms with Crippen molar-refractivity contribution in [2.45, 2.75) is 20.0 Å². The predicted molar refractivity (Wildman–Crippen MR) is 76.8 cm³/mol. The Labute approximate surface area is 113 Å².